The van der Waals surface area contributed by atoms with Crippen molar-refractivity contribution in [2.45, 2.75) is 26.3 Å². The molecule has 1 unspecified atom stereocenters. The number of thioether (sulfide) groups is 1. The second-order valence-electron chi connectivity index (χ2n) is 3.80. The zero-order valence-corrected chi connectivity index (χ0v) is 10.6. The fraction of sp³-hybridized carbons (Fsp3) is 0.500. The summed E-state index contributed by atoms with van der Waals surface area (Å²) in [5.41, 5.74) is 6.78. The van der Waals surface area contributed by atoms with Crippen LogP contribution >= 0.6 is 11.8 Å². The van der Waals surface area contributed by atoms with E-state index < -0.39 is 0 Å². The van der Waals surface area contributed by atoms with E-state index in [4.69, 9.17) is 5.73 Å². The maximum absolute atomic E-state index is 13.1. The molecule has 1 atom stereocenters. The highest BCUT2D eigenvalue weighted by Gasteiger charge is 2.03. The molecule has 0 saturated heterocycles. The van der Waals surface area contributed by atoms with Crippen molar-refractivity contribution in [1.82, 2.24) is 0 Å². The van der Waals surface area contributed by atoms with Crippen molar-refractivity contribution in [3.63, 3.8) is 0 Å². The maximum Gasteiger partial charge on any atom is 0.127 e. The van der Waals surface area contributed by atoms with E-state index >= 15 is 0 Å². The Hall–Kier alpha value is -0.900. The normalized spacial score (nSPS) is 12.4. The van der Waals surface area contributed by atoms with Crippen molar-refractivity contribution >= 4 is 23.1 Å². The highest BCUT2D eigenvalue weighted by atomic mass is 32.2. The zero-order chi connectivity index (χ0) is 12.0. The molecule has 3 N–H and O–H groups in total. The monoisotopic (exact) mass is 242 g/mol. The molecular formula is C12H19FN2S. The van der Waals surface area contributed by atoms with Crippen molar-refractivity contribution in [3.8, 4) is 0 Å². The van der Waals surface area contributed by atoms with Gasteiger partial charge in [0.2, 0.25) is 0 Å². The summed E-state index contributed by atoms with van der Waals surface area (Å²) in [6, 6.07) is 4.88. The molecule has 4 heteroatoms. The van der Waals surface area contributed by atoms with Gasteiger partial charge in [-0.1, -0.05) is 6.92 Å². The summed E-state index contributed by atoms with van der Waals surface area (Å²) in [5, 5.41) is 3.25. The fourth-order valence-corrected chi connectivity index (χ4v) is 2.27. The van der Waals surface area contributed by atoms with Crippen LogP contribution in [-0.4, -0.2) is 17.5 Å². The van der Waals surface area contributed by atoms with Crippen LogP contribution in [-0.2, 0) is 0 Å². The molecule has 90 valence electrons. The molecule has 1 aromatic carbocycles. The lowest BCUT2D eigenvalue weighted by atomic mass is 10.2. The Balaban J connectivity index is 2.45. The van der Waals surface area contributed by atoms with Crippen LogP contribution < -0.4 is 11.1 Å². The number of nitrogens with one attached hydrogen (secondary N) is 1. The van der Waals surface area contributed by atoms with Gasteiger partial charge in [0.25, 0.3) is 0 Å². The number of hydrogen-bond donors (Lipinski definition) is 2. The average Bonchev–Trinajstić information content (AvgIpc) is 2.16. The van der Waals surface area contributed by atoms with Crippen molar-refractivity contribution < 1.29 is 4.39 Å². The highest BCUT2D eigenvalue weighted by Crippen LogP contribution is 2.17. The number of rotatable bonds is 6. The summed E-state index contributed by atoms with van der Waals surface area (Å²) in [6.07, 6.45) is 1.06. The molecule has 0 fully saturated rings. The summed E-state index contributed by atoms with van der Waals surface area (Å²) in [4.78, 5) is 0. The van der Waals surface area contributed by atoms with Crippen LogP contribution in [0.1, 0.15) is 20.3 Å². The number of benzene rings is 1. The summed E-state index contributed by atoms with van der Waals surface area (Å²) < 4.78 is 13.1. The first kappa shape index (κ1) is 13.2. The van der Waals surface area contributed by atoms with Gasteiger partial charge in [-0.15, -0.1) is 0 Å². The van der Waals surface area contributed by atoms with Crippen LogP contribution in [0.25, 0.3) is 0 Å². The van der Waals surface area contributed by atoms with Gasteiger partial charge in [0, 0.05) is 17.4 Å². The minimum Gasteiger partial charge on any atom is -0.399 e. The minimum absolute atomic E-state index is 0.294. The lowest BCUT2D eigenvalue weighted by molar-refractivity contribution is 0.628. The third-order valence-corrected chi connectivity index (χ3v) is 3.17. The standard InChI is InChI=1S/C12H19FN2S/c1-3-16-5-4-9(2)15-12-7-10(13)6-11(14)8-12/h6-9,15H,3-5,14H2,1-2H3. The molecule has 0 amide bonds. The first-order chi connectivity index (χ1) is 7.61. The lowest BCUT2D eigenvalue weighted by Crippen LogP contribution is -2.16. The maximum atomic E-state index is 13.1. The molecule has 16 heavy (non-hydrogen) atoms. The van der Waals surface area contributed by atoms with Crippen LogP contribution in [0.4, 0.5) is 15.8 Å². The van der Waals surface area contributed by atoms with Gasteiger partial charge in [-0.25, -0.2) is 4.39 Å². The number of anilines is 2. The molecular weight excluding hydrogens is 223 g/mol. The first-order valence-corrected chi connectivity index (χ1v) is 6.67. The molecule has 0 spiro atoms. The Bertz CT molecular complexity index is 311. The van der Waals surface area contributed by atoms with Crippen molar-refractivity contribution in [1.29, 1.82) is 0 Å². The quantitative estimate of drug-likeness (QED) is 0.593. The first-order valence-electron chi connectivity index (χ1n) is 5.52. The Morgan fingerprint density at radius 3 is 2.81 bits per heavy atom. The Labute approximate surface area is 101 Å². The summed E-state index contributed by atoms with van der Waals surface area (Å²) in [6.45, 7) is 4.24. The third kappa shape index (κ3) is 4.75. The van der Waals surface area contributed by atoms with Crippen molar-refractivity contribution in [2.24, 2.45) is 0 Å². The van der Waals surface area contributed by atoms with E-state index in [-0.39, 0.29) is 5.82 Å². The van der Waals surface area contributed by atoms with Gasteiger partial charge in [0.1, 0.15) is 5.82 Å². The van der Waals surface area contributed by atoms with E-state index in [9.17, 15) is 4.39 Å². The molecule has 0 aliphatic carbocycles. The summed E-state index contributed by atoms with van der Waals surface area (Å²) >= 11 is 1.91. The van der Waals surface area contributed by atoms with Gasteiger partial charge in [0.15, 0.2) is 0 Å². The number of halogens is 1. The van der Waals surface area contributed by atoms with Gasteiger partial charge in [-0.3, -0.25) is 0 Å². The highest BCUT2D eigenvalue weighted by molar-refractivity contribution is 7.99. The molecule has 0 aliphatic heterocycles. The Kier molecular flexibility index (Phi) is 5.46. The SMILES string of the molecule is CCSCCC(C)Nc1cc(N)cc(F)c1. The van der Waals surface area contributed by atoms with Gasteiger partial charge >= 0.3 is 0 Å². The van der Waals surface area contributed by atoms with Gasteiger partial charge in [0.05, 0.1) is 0 Å². The van der Waals surface area contributed by atoms with Gasteiger partial charge in [-0.05, 0) is 43.0 Å². The largest absolute Gasteiger partial charge is 0.399 e. The van der Waals surface area contributed by atoms with Crippen LogP contribution in [0.15, 0.2) is 18.2 Å². The summed E-state index contributed by atoms with van der Waals surface area (Å²) in [5.74, 6) is 1.97. The van der Waals surface area contributed by atoms with E-state index in [0.29, 0.717) is 11.7 Å². The lowest BCUT2D eigenvalue weighted by Gasteiger charge is -2.15. The molecule has 1 rings (SSSR count). The molecule has 0 radical (unpaired) electrons. The molecule has 2 nitrogen and oxygen atoms in total. The van der Waals surface area contributed by atoms with E-state index in [1.54, 1.807) is 6.07 Å². The van der Waals surface area contributed by atoms with Crippen LogP contribution in [0.3, 0.4) is 0 Å². The number of hydrogen-bond acceptors (Lipinski definition) is 3. The van der Waals surface area contributed by atoms with E-state index in [1.807, 2.05) is 11.8 Å². The van der Waals surface area contributed by atoms with Crippen molar-refractivity contribution in [3.05, 3.63) is 24.0 Å². The Morgan fingerprint density at radius 1 is 1.44 bits per heavy atom. The predicted molar refractivity (Wildman–Crippen MR) is 71.5 cm³/mol. The molecule has 0 aliphatic rings. The molecule has 0 saturated carbocycles. The smallest absolute Gasteiger partial charge is 0.127 e. The Morgan fingerprint density at radius 2 is 2.19 bits per heavy atom. The third-order valence-electron chi connectivity index (χ3n) is 2.23. The molecule has 0 heterocycles. The zero-order valence-electron chi connectivity index (χ0n) is 9.79. The molecule has 0 bridgehead atoms. The second-order valence-corrected chi connectivity index (χ2v) is 5.20. The molecule has 1 aromatic rings. The van der Waals surface area contributed by atoms with Gasteiger partial charge < -0.3 is 11.1 Å². The van der Waals surface area contributed by atoms with E-state index in [1.165, 1.54) is 12.1 Å². The second kappa shape index (κ2) is 6.63. The predicted octanol–water partition coefficient (Wildman–Crippen LogP) is 3.35. The van der Waals surface area contributed by atoms with E-state index in [0.717, 1.165) is 23.6 Å². The van der Waals surface area contributed by atoms with E-state index in [2.05, 4.69) is 19.2 Å². The van der Waals surface area contributed by atoms with Crippen LogP contribution in [0, 0.1) is 5.82 Å². The number of nitrogen functional groups attached to an aromatic ring is 1. The summed E-state index contributed by atoms with van der Waals surface area (Å²) in [7, 11) is 0. The van der Waals surface area contributed by atoms with Crippen LogP contribution in [0.5, 0.6) is 0 Å². The van der Waals surface area contributed by atoms with Crippen molar-refractivity contribution in [2.75, 3.05) is 22.6 Å². The van der Waals surface area contributed by atoms with Crippen LogP contribution in [0.2, 0.25) is 0 Å². The fourth-order valence-electron chi connectivity index (χ4n) is 1.46. The van der Waals surface area contributed by atoms with Gasteiger partial charge in [-0.2, -0.15) is 11.8 Å². The molecule has 0 aromatic heterocycles. The number of nitrogens with two attached hydrogens (primary N) is 1. The average molecular weight is 242 g/mol. The minimum atomic E-state index is -0.294. The topological polar surface area (TPSA) is 38.0 Å².